The number of hydrogen-bond acceptors (Lipinski definition) is 2. The molecule has 0 bridgehead atoms. The maximum Gasteiger partial charge on any atom is 0.214 e. The molecular weight excluding hydrogens is 402 g/mol. The van der Waals surface area contributed by atoms with Gasteiger partial charge in [-0.3, -0.25) is 0 Å². The van der Waals surface area contributed by atoms with Gasteiger partial charge in [-0.1, -0.05) is 104 Å². The molecule has 0 atom stereocenters. The Balaban J connectivity index is 4.25. The zero-order chi connectivity index (χ0) is 21.6. The van der Waals surface area contributed by atoms with Crippen LogP contribution in [-0.2, 0) is 10.0 Å². The molecule has 0 fully saturated rings. The topological polar surface area (TPSA) is 37.4 Å². The second-order valence-corrected chi connectivity index (χ2v) is 11.0. The highest BCUT2D eigenvalue weighted by Gasteiger charge is 2.20. The minimum absolute atomic E-state index is 0.308. The van der Waals surface area contributed by atoms with Crippen LogP contribution >= 0.6 is 11.6 Å². The predicted molar refractivity (Wildman–Crippen MR) is 131 cm³/mol. The van der Waals surface area contributed by atoms with Crippen LogP contribution in [0.4, 0.5) is 0 Å². The lowest BCUT2D eigenvalue weighted by atomic mass is 10.1. The summed E-state index contributed by atoms with van der Waals surface area (Å²) < 4.78 is 27.5. The van der Waals surface area contributed by atoms with Crippen LogP contribution in [0.3, 0.4) is 0 Å². The second-order valence-electron chi connectivity index (χ2n) is 8.56. The zero-order valence-corrected chi connectivity index (χ0v) is 21.2. The van der Waals surface area contributed by atoms with Crippen LogP contribution < -0.4 is 0 Å². The summed E-state index contributed by atoms with van der Waals surface area (Å²) in [5.41, 5.74) is 0. The molecule has 0 aromatic rings. The molecule has 0 aliphatic rings. The molecule has 0 aromatic heterocycles. The SMILES string of the molecule is CCCCCCCCCCN(CCCCCCCC)S(=O)(=O)CCCCCCCl. The van der Waals surface area contributed by atoms with Crippen molar-refractivity contribution in [3.63, 3.8) is 0 Å². The average Bonchev–Trinajstić information content (AvgIpc) is 2.70. The van der Waals surface area contributed by atoms with Crippen LogP contribution in [0.5, 0.6) is 0 Å². The average molecular weight is 452 g/mol. The first kappa shape index (κ1) is 29.2. The molecule has 0 radical (unpaired) electrons. The molecule has 0 spiro atoms. The monoisotopic (exact) mass is 451 g/mol. The van der Waals surface area contributed by atoms with E-state index in [1.807, 2.05) is 4.31 Å². The highest BCUT2D eigenvalue weighted by molar-refractivity contribution is 7.89. The number of sulfonamides is 1. The van der Waals surface area contributed by atoms with Crippen LogP contribution in [0.15, 0.2) is 0 Å². The molecule has 0 rings (SSSR count). The van der Waals surface area contributed by atoms with E-state index in [1.165, 1.54) is 64.2 Å². The van der Waals surface area contributed by atoms with E-state index in [0.29, 0.717) is 24.7 Å². The van der Waals surface area contributed by atoms with Crippen molar-refractivity contribution in [1.29, 1.82) is 0 Å². The number of unbranched alkanes of at least 4 members (excludes halogenated alkanes) is 15. The fourth-order valence-electron chi connectivity index (χ4n) is 3.74. The van der Waals surface area contributed by atoms with Crippen molar-refractivity contribution in [2.75, 3.05) is 24.7 Å². The van der Waals surface area contributed by atoms with Crippen LogP contribution in [0.2, 0.25) is 0 Å². The molecule has 5 heteroatoms. The van der Waals surface area contributed by atoms with E-state index >= 15 is 0 Å². The van der Waals surface area contributed by atoms with Gasteiger partial charge in [0.15, 0.2) is 0 Å². The second kappa shape index (κ2) is 21.4. The van der Waals surface area contributed by atoms with Gasteiger partial charge in [0.2, 0.25) is 10.0 Å². The summed E-state index contributed by atoms with van der Waals surface area (Å²) in [4.78, 5) is 0. The molecule has 0 saturated heterocycles. The number of halogens is 1. The first-order valence-electron chi connectivity index (χ1n) is 12.6. The van der Waals surface area contributed by atoms with Gasteiger partial charge in [0.25, 0.3) is 0 Å². The Morgan fingerprint density at radius 3 is 1.38 bits per heavy atom. The van der Waals surface area contributed by atoms with Gasteiger partial charge in [0, 0.05) is 19.0 Å². The molecule has 0 amide bonds. The van der Waals surface area contributed by atoms with E-state index in [0.717, 1.165) is 51.4 Å². The van der Waals surface area contributed by atoms with Crippen LogP contribution in [0, 0.1) is 0 Å². The Hall–Kier alpha value is 0.200. The van der Waals surface area contributed by atoms with Gasteiger partial charge in [0.1, 0.15) is 0 Å². The summed E-state index contributed by atoms with van der Waals surface area (Å²) in [5.74, 6) is 0.984. The van der Waals surface area contributed by atoms with E-state index in [2.05, 4.69) is 13.8 Å². The van der Waals surface area contributed by atoms with Crippen LogP contribution in [-0.4, -0.2) is 37.4 Å². The smallest absolute Gasteiger partial charge is 0.212 e. The van der Waals surface area contributed by atoms with Crippen molar-refractivity contribution < 1.29 is 8.42 Å². The third-order valence-electron chi connectivity index (χ3n) is 5.70. The molecular formula is C24H50ClNO2S. The predicted octanol–water partition coefficient (Wildman–Crippen LogP) is 7.92. The molecule has 0 aromatic carbocycles. The van der Waals surface area contributed by atoms with Gasteiger partial charge < -0.3 is 0 Å². The van der Waals surface area contributed by atoms with Gasteiger partial charge in [-0.25, -0.2) is 12.7 Å². The Morgan fingerprint density at radius 1 is 0.552 bits per heavy atom. The van der Waals surface area contributed by atoms with E-state index < -0.39 is 10.0 Å². The normalized spacial score (nSPS) is 12.1. The van der Waals surface area contributed by atoms with Gasteiger partial charge in [-0.15, -0.1) is 11.6 Å². The fraction of sp³-hybridized carbons (Fsp3) is 1.00. The first-order valence-corrected chi connectivity index (χ1v) is 14.8. The molecule has 176 valence electrons. The number of rotatable bonds is 23. The highest BCUT2D eigenvalue weighted by Crippen LogP contribution is 2.14. The van der Waals surface area contributed by atoms with Gasteiger partial charge in [-0.05, 0) is 25.7 Å². The third-order valence-corrected chi connectivity index (χ3v) is 7.93. The molecule has 0 aliphatic heterocycles. The quantitative estimate of drug-likeness (QED) is 0.117. The minimum atomic E-state index is -3.11. The Morgan fingerprint density at radius 2 is 0.931 bits per heavy atom. The summed E-state index contributed by atoms with van der Waals surface area (Å²) in [5, 5.41) is 0. The van der Waals surface area contributed by atoms with Crippen molar-refractivity contribution in [2.24, 2.45) is 0 Å². The van der Waals surface area contributed by atoms with E-state index in [9.17, 15) is 8.42 Å². The zero-order valence-electron chi connectivity index (χ0n) is 19.6. The van der Waals surface area contributed by atoms with E-state index in [-0.39, 0.29) is 0 Å². The summed E-state index contributed by atoms with van der Waals surface area (Å²) in [6, 6.07) is 0. The molecule has 3 nitrogen and oxygen atoms in total. The van der Waals surface area contributed by atoms with E-state index in [1.54, 1.807) is 0 Å². The van der Waals surface area contributed by atoms with Crippen molar-refractivity contribution in [3.05, 3.63) is 0 Å². The molecule has 0 heterocycles. The number of alkyl halides is 1. The van der Waals surface area contributed by atoms with Crippen molar-refractivity contribution in [2.45, 2.75) is 129 Å². The van der Waals surface area contributed by atoms with Crippen LogP contribution in [0.1, 0.15) is 129 Å². The summed E-state index contributed by atoms with van der Waals surface area (Å²) in [7, 11) is -3.11. The molecule has 0 aliphatic carbocycles. The van der Waals surface area contributed by atoms with Gasteiger partial charge in [0.05, 0.1) is 5.75 Å². The molecule has 29 heavy (non-hydrogen) atoms. The Kier molecular flexibility index (Phi) is 21.6. The third kappa shape index (κ3) is 18.7. The first-order chi connectivity index (χ1) is 14.1. The number of nitrogens with zero attached hydrogens (tertiary/aromatic N) is 1. The lowest BCUT2D eigenvalue weighted by Crippen LogP contribution is -2.35. The van der Waals surface area contributed by atoms with Crippen molar-refractivity contribution in [3.8, 4) is 0 Å². The molecule has 0 unspecified atom stereocenters. The minimum Gasteiger partial charge on any atom is -0.212 e. The lowest BCUT2D eigenvalue weighted by Gasteiger charge is -2.22. The number of hydrogen-bond donors (Lipinski definition) is 0. The largest absolute Gasteiger partial charge is 0.214 e. The van der Waals surface area contributed by atoms with Gasteiger partial charge >= 0.3 is 0 Å². The lowest BCUT2D eigenvalue weighted by molar-refractivity contribution is 0.382. The van der Waals surface area contributed by atoms with Crippen molar-refractivity contribution in [1.82, 2.24) is 4.31 Å². The summed E-state index contributed by atoms with van der Waals surface area (Å²) in [6.45, 7) is 5.91. The van der Waals surface area contributed by atoms with Crippen LogP contribution in [0.25, 0.3) is 0 Å². The standard InChI is InChI=1S/C24H50ClNO2S/c1-3-5-7-9-11-12-15-19-23-26(22-18-14-10-8-6-4-2)29(27,28)24-20-16-13-17-21-25/h3-24H2,1-2H3. The van der Waals surface area contributed by atoms with Crippen molar-refractivity contribution >= 4 is 21.6 Å². The fourth-order valence-corrected chi connectivity index (χ4v) is 5.57. The summed E-state index contributed by atoms with van der Waals surface area (Å²) >= 11 is 5.72. The van der Waals surface area contributed by atoms with E-state index in [4.69, 9.17) is 11.6 Å². The molecule has 0 N–H and O–H groups in total. The maximum atomic E-state index is 12.9. The Labute approximate surface area is 188 Å². The highest BCUT2D eigenvalue weighted by atomic mass is 35.5. The van der Waals surface area contributed by atoms with Gasteiger partial charge in [-0.2, -0.15) is 0 Å². The molecule has 0 saturated carbocycles. The summed E-state index contributed by atoms with van der Waals surface area (Å²) in [6.07, 6.45) is 21.0. The Bertz CT molecular complexity index is 429. The maximum absolute atomic E-state index is 12.9.